The summed E-state index contributed by atoms with van der Waals surface area (Å²) in [5, 5.41) is 0. The number of hydrogen-bond acceptors (Lipinski definition) is 3. The van der Waals surface area contributed by atoms with E-state index in [1.807, 2.05) is 48.5 Å². The molecule has 1 saturated heterocycles. The molecule has 0 bridgehead atoms. The number of ether oxygens (including phenoxy) is 1. The van der Waals surface area contributed by atoms with Crippen molar-refractivity contribution < 1.29 is 13.9 Å². The predicted molar refractivity (Wildman–Crippen MR) is 128 cm³/mol. The first kappa shape index (κ1) is 23.0. The van der Waals surface area contributed by atoms with Crippen molar-refractivity contribution in [3.63, 3.8) is 0 Å². The maximum atomic E-state index is 13.2. The van der Waals surface area contributed by atoms with Gasteiger partial charge in [0.15, 0.2) is 0 Å². The minimum atomic E-state index is -0.317. The summed E-state index contributed by atoms with van der Waals surface area (Å²) in [6, 6.07) is 24.9. The summed E-state index contributed by atoms with van der Waals surface area (Å²) in [6.45, 7) is 3.67. The fraction of sp³-hybridized carbons (Fsp3) is 0.321. The molecule has 0 atom stereocenters. The molecule has 1 aliphatic rings. The van der Waals surface area contributed by atoms with Gasteiger partial charge in [-0.3, -0.25) is 4.90 Å². The molecule has 0 spiro atoms. The van der Waals surface area contributed by atoms with Crippen LogP contribution < -0.4 is 0 Å². The van der Waals surface area contributed by atoms with E-state index in [4.69, 9.17) is 4.74 Å². The lowest BCUT2D eigenvalue weighted by Gasteiger charge is -2.33. The van der Waals surface area contributed by atoms with Crippen molar-refractivity contribution in [2.45, 2.75) is 38.5 Å². The maximum absolute atomic E-state index is 13.2. The first-order chi connectivity index (χ1) is 16.1. The summed E-state index contributed by atoms with van der Waals surface area (Å²) in [4.78, 5) is 16.6. The standard InChI is InChI=1S/C28H31FN2O2/c1-30(28(32)33-21-23-7-3-2-4-8-23)20-25-9-5-6-10-27(25)24-15-17-31(18-16-24)19-22-11-13-26(29)14-12-22/h2-14,24H,15-21H2,1H3. The van der Waals surface area contributed by atoms with Crippen LogP contribution in [0.1, 0.15) is 41.0 Å². The molecule has 172 valence electrons. The van der Waals surface area contributed by atoms with Crippen LogP contribution in [0.3, 0.4) is 0 Å². The highest BCUT2D eigenvalue weighted by Gasteiger charge is 2.23. The van der Waals surface area contributed by atoms with Crippen LogP contribution >= 0.6 is 0 Å². The van der Waals surface area contributed by atoms with Crippen LogP contribution in [-0.2, 0) is 24.4 Å². The second-order valence-electron chi connectivity index (χ2n) is 8.77. The lowest BCUT2D eigenvalue weighted by atomic mass is 9.86. The van der Waals surface area contributed by atoms with Gasteiger partial charge in [0.25, 0.3) is 0 Å². The van der Waals surface area contributed by atoms with E-state index in [1.54, 1.807) is 11.9 Å². The van der Waals surface area contributed by atoms with Gasteiger partial charge in [-0.05, 0) is 66.2 Å². The number of halogens is 1. The first-order valence-electron chi connectivity index (χ1n) is 11.5. The molecule has 1 heterocycles. The number of carbonyl (C=O) groups is 1. The molecular formula is C28H31FN2O2. The quantitative estimate of drug-likeness (QED) is 0.448. The topological polar surface area (TPSA) is 32.8 Å². The number of likely N-dealkylation sites (tertiary alicyclic amines) is 1. The molecule has 4 nitrogen and oxygen atoms in total. The number of nitrogens with zero attached hydrogens (tertiary/aromatic N) is 2. The Balaban J connectivity index is 1.31. The number of carbonyl (C=O) groups excluding carboxylic acids is 1. The Labute approximate surface area is 195 Å². The molecular weight excluding hydrogens is 415 g/mol. The Bertz CT molecular complexity index is 1030. The minimum absolute atomic E-state index is 0.192. The van der Waals surface area contributed by atoms with E-state index >= 15 is 0 Å². The smallest absolute Gasteiger partial charge is 0.410 e. The van der Waals surface area contributed by atoms with Gasteiger partial charge in [0, 0.05) is 20.1 Å². The Morgan fingerprint density at radius 3 is 2.33 bits per heavy atom. The van der Waals surface area contributed by atoms with Crippen LogP contribution in [0.2, 0.25) is 0 Å². The monoisotopic (exact) mass is 446 g/mol. The lowest BCUT2D eigenvalue weighted by molar-refractivity contribution is 0.102. The molecule has 4 rings (SSSR count). The molecule has 0 unspecified atom stereocenters. The minimum Gasteiger partial charge on any atom is -0.445 e. The third-order valence-corrected chi connectivity index (χ3v) is 6.33. The predicted octanol–water partition coefficient (Wildman–Crippen LogP) is 5.97. The van der Waals surface area contributed by atoms with Crippen molar-refractivity contribution in [3.05, 3.63) is 107 Å². The number of hydrogen-bond donors (Lipinski definition) is 0. The number of piperidine rings is 1. The second-order valence-corrected chi connectivity index (χ2v) is 8.77. The van der Waals surface area contributed by atoms with Gasteiger partial charge in [-0.15, -0.1) is 0 Å². The highest BCUT2D eigenvalue weighted by Crippen LogP contribution is 2.31. The van der Waals surface area contributed by atoms with Gasteiger partial charge in [-0.1, -0.05) is 66.7 Å². The van der Waals surface area contributed by atoms with Crippen molar-refractivity contribution in [2.24, 2.45) is 0 Å². The fourth-order valence-electron chi connectivity index (χ4n) is 4.48. The van der Waals surface area contributed by atoms with Crippen LogP contribution in [0.5, 0.6) is 0 Å². The largest absolute Gasteiger partial charge is 0.445 e. The van der Waals surface area contributed by atoms with Gasteiger partial charge in [-0.25, -0.2) is 9.18 Å². The molecule has 3 aromatic rings. The van der Waals surface area contributed by atoms with Gasteiger partial charge in [0.05, 0.1) is 0 Å². The Morgan fingerprint density at radius 2 is 1.61 bits per heavy atom. The molecule has 3 aromatic carbocycles. The Hall–Kier alpha value is -3.18. The average Bonchev–Trinajstić information content (AvgIpc) is 2.85. The molecule has 0 saturated carbocycles. The van der Waals surface area contributed by atoms with Gasteiger partial charge in [0.2, 0.25) is 0 Å². The van der Waals surface area contributed by atoms with Gasteiger partial charge in [0.1, 0.15) is 12.4 Å². The fourth-order valence-corrected chi connectivity index (χ4v) is 4.48. The van der Waals surface area contributed by atoms with E-state index in [9.17, 15) is 9.18 Å². The molecule has 1 amide bonds. The number of benzene rings is 3. The van der Waals surface area contributed by atoms with Gasteiger partial charge < -0.3 is 9.64 Å². The van der Waals surface area contributed by atoms with Crippen molar-refractivity contribution >= 4 is 6.09 Å². The third-order valence-electron chi connectivity index (χ3n) is 6.33. The summed E-state index contributed by atoms with van der Waals surface area (Å²) in [6.07, 6.45) is 1.82. The van der Waals surface area contributed by atoms with E-state index in [0.29, 0.717) is 12.5 Å². The molecule has 0 N–H and O–H groups in total. The molecule has 0 aromatic heterocycles. The van der Waals surface area contributed by atoms with Crippen LogP contribution in [0, 0.1) is 5.82 Å². The number of rotatable bonds is 7. The highest BCUT2D eigenvalue weighted by atomic mass is 19.1. The van der Waals surface area contributed by atoms with Crippen LogP contribution in [0.25, 0.3) is 0 Å². The van der Waals surface area contributed by atoms with E-state index < -0.39 is 0 Å². The summed E-state index contributed by atoms with van der Waals surface area (Å²) >= 11 is 0. The lowest BCUT2D eigenvalue weighted by Crippen LogP contribution is -2.33. The SMILES string of the molecule is CN(Cc1ccccc1C1CCN(Cc2ccc(F)cc2)CC1)C(=O)OCc1ccccc1. The summed E-state index contributed by atoms with van der Waals surface area (Å²) in [5.41, 5.74) is 4.62. The Morgan fingerprint density at radius 1 is 0.939 bits per heavy atom. The van der Waals surface area contributed by atoms with E-state index in [-0.39, 0.29) is 18.5 Å². The third kappa shape index (κ3) is 6.42. The number of amides is 1. The average molecular weight is 447 g/mol. The summed E-state index contributed by atoms with van der Waals surface area (Å²) in [5.74, 6) is 0.280. The van der Waals surface area contributed by atoms with Crippen LogP contribution in [0.15, 0.2) is 78.9 Å². The van der Waals surface area contributed by atoms with E-state index in [1.165, 1.54) is 23.3 Å². The summed E-state index contributed by atoms with van der Waals surface area (Å²) in [7, 11) is 1.79. The zero-order valence-corrected chi connectivity index (χ0v) is 19.1. The molecule has 1 fully saturated rings. The zero-order valence-electron chi connectivity index (χ0n) is 19.1. The Kier molecular flexibility index (Phi) is 7.74. The zero-order chi connectivity index (χ0) is 23.0. The van der Waals surface area contributed by atoms with Gasteiger partial charge in [-0.2, -0.15) is 0 Å². The van der Waals surface area contributed by atoms with E-state index in [2.05, 4.69) is 23.1 Å². The normalized spacial score (nSPS) is 14.7. The maximum Gasteiger partial charge on any atom is 0.410 e. The van der Waals surface area contributed by atoms with Gasteiger partial charge >= 0.3 is 6.09 Å². The molecule has 0 aliphatic carbocycles. The molecule has 5 heteroatoms. The van der Waals surface area contributed by atoms with Crippen molar-refractivity contribution in [1.82, 2.24) is 9.80 Å². The van der Waals surface area contributed by atoms with Crippen LogP contribution in [0.4, 0.5) is 9.18 Å². The van der Waals surface area contributed by atoms with E-state index in [0.717, 1.165) is 43.6 Å². The molecule has 0 radical (unpaired) electrons. The molecule has 1 aliphatic heterocycles. The van der Waals surface area contributed by atoms with Crippen molar-refractivity contribution in [2.75, 3.05) is 20.1 Å². The van der Waals surface area contributed by atoms with Crippen LogP contribution in [-0.4, -0.2) is 36.0 Å². The highest BCUT2D eigenvalue weighted by molar-refractivity contribution is 5.67. The van der Waals surface area contributed by atoms with Crippen molar-refractivity contribution in [3.8, 4) is 0 Å². The summed E-state index contributed by atoms with van der Waals surface area (Å²) < 4.78 is 18.6. The first-order valence-corrected chi connectivity index (χ1v) is 11.5. The second kappa shape index (κ2) is 11.1. The van der Waals surface area contributed by atoms with Crippen molar-refractivity contribution in [1.29, 1.82) is 0 Å². The molecule has 33 heavy (non-hydrogen) atoms.